The lowest BCUT2D eigenvalue weighted by atomic mass is 10.0. The van der Waals surface area contributed by atoms with Crippen molar-refractivity contribution >= 4 is 11.8 Å². The third-order valence-corrected chi connectivity index (χ3v) is 3.66. The summed E-state index contributed by atoms with van der Waals surface area (Å²) < 4.78 is 0. The summed E-state index contributed by atoms with van der Waals surface area (Å²) in [7, 11) is 0. The van der Waals surface area contributed by atoms with Crippen LogP contribution in [0.5, 0.6) is 0 Å². The van der Waals surface area contributed by atoms with Crippen molar-refractivity contribution in [2.24, 2.45) is 5.73 Å². The van der Waals surface area contributed by atoms with Gasteiger partial charge in [0.15, 0.2) is 0 Å². The molecule has 0 amide bonds. The number of benzene rings is 1. The quantitative estimate of drug-likeness (QED) is 0.768. The summed E-state index contributed by atoms with van der Waals surface area (Å²) in [5.41, 5.74) is 7.67. The SMILES string of the molecule is CSc1cccc(CCC2(N)CC2)c1. The number of nitrogens with two attached hydrogens (primary N) is 1. The van der Waals surface area contributed by atoms with Gasteiger partial charge in [0.1, 0.15) is 0 Å². The van der Waals surface area contributed by atoms with Crippen molar-refractivity contribution in [2.45, 2.75) is 36.1 Å². The smallest absolute Gasteiger partial charge is 0.0158 e. The van der Waals surface area contributed by atoms with E-state index in [0.717, 1.165) is 12.8 Å². The Bertz CT molecular complexity index is 318. The molecule has 1 aromatic carbocycles. The molecule has 1 nitrogen and oxygen atoms in total. The lowest BCUT2D eigenvalue weighted by Gasteiger charge is -2.08. The lowest BCUT2D eigenvalue weighted by molar-refractivity contribution is 0.609. The normalized spacial score (nSPS) is 18.1. The first-order chi connectivity index (χ1) is 6.72. The van der Waals surface area contributed by atoms with Gasteiger partial charge in [0, 0.05) is 10.4 Å². The molecule has 2 N–H and O–H groups in total. The van der Waals surface area contributed by atoms with Gasteiger partial charge < -0.3 is 5.73 Å². The average molecular weight is 207 g/mol. The van der Waals surface area contributed by atoms with E-state index < -0.39 is 0 Å². The van der Waals surface area contributed by atoms with Crippen LogP contribution in [0.15, 0.2) is 29.2 Å². The molecule has 0 spiro atoms. The molecule has 0 aromatic heterocycles. The maximum absolute atomic E-state index is 6.06. The summed E-state index contributed by atoms with van der Waals surface area (Å²) >= 11 is 1.80. The van der Waals surface area contributed by atoms with Gasteiger partial charge in [-0.15, -0.1) is 11.8 Å². The minimum absolute atomic E-state index is 0.190. The number of thioether (sulfide) groups is 1. The molecule has 0 bridgehead atoms. The summed E-state index contributed by atoms with van der Waals surface area (Å²) in [6.45, 7) is 0. The van der Waals surface area contributed by atoms with Crippen LogP contribution in [0.2, 0.25) is 0 Å². The molecule has 0 saturated heterocycles. The molecule has 0 heterocycles. The minimum Gasteiger partial charge on any atom is -0.325 e. The van der Waals surface area contributed by atoms with Crippen LogP contribution in [0.1, 0.15) is 24.8 Å². The summed E-state index contributed by atoms with van der Waals surface area (Å²) in [5, 5.41) is 0. The van der Waals surface area contributed by atoms with Crippen LogP contribution in [0.3, 0.4) is 0 Å². The first-order valence-corrected chi connectivity index (χ1v) is 6.36. The Balaban J connectivity index is 1.94. The van der Waals surface area contributed by atoms with E-state index >= 15 is 0 Å². The Kier molecular flexibility index (Phi) is 2.84. The maximum atomic E-state index is 6.06. The molecule has 14 heavy (non-hydrogen) atoms. The van der Waals surface area contributed by atoms with Crippen LogP contribution in [0.25, 0.3) is 0 Å². The van der Waals surface area contributed by atoms with E-state index in [1.54, 1.807) is 11.8 Å². The van der Waals surface area contributed by atoms with Crippen molar-refractivity contribution in [2.75, 3.05) is 6.26 Å². The standard InChI is InChI=1S/C12H17NS/c1-14-11-4-2-3-10(9-11)5-6-12(13)7-8-12/h2-4,9H,5-8,13H2,1H3. The minimum atomic E-state index is 0.190. The molecule has 0 atom stereocenters. The molecular formula is C12H17NS. The molecule has 1 saturated carbocycles. The van der Waals surface area contributed by atoms with Gasteiger partial charge in [0.2, 0.25) is 0 Å². The van der Waals surface area contributed by atoms with Crippen molar-refractivity contribution in [1.29, 1.82) is 0 Å². The van der Waals surface area contributed by atoms with Crippen LogP contribution in [-0.2, 0) is 6.42 Å². The Morgan fingerprint density at radius 3 is 2.86 bits per heavy atom. The van der Waals surface area contributed by atoms with Gasteiger partial charge in [-0.05, 0) is 49.6 Å². The first-order valence-electron chi connectivity index (χ1n) is 5.14. The Hall–Kier alpha value is -0.470. The molecule has 2 heteroatoms. The van der Waals surface area contributed by atoms with Crippen LogP contribution in [-0.4, -0.2) is 11.8 Å². The fourth-order valence-corrected chi connectivity index (χ4v) is 2.12. The molecule has 76 valence electrons. The second-order valence-corrected chi connectivity index (χ2v) is 5.09. The predicted molar refractivity (Wildman–Crippen MR) is 62.7 cm³/mol. The van der Waals surface area contributed by atoms with E-state index in [4.69, 9.17) is 5.73 Å². The van der Waals surface area contributed by atoms with E-state index in [-0.39, 0.29) is 5.54 Å². The number of rotatable bonds is 4. The zero-order chi connectivity index (χ0) is 10.0. The molecule has 2 rings (SSSR count). The molecule has 1 aliphatic rings. The fraction of sp³-hybridized carbons (Fsp3) is 0.500. The second kappa shape index (κ2) is 3.95. The highest BCUT2D eigenvalue weighted by molar-refractivity contribution is 7.98. The average Bonchev–Trinajstić information content (AvgIpc) is 2.95. The molecule has 1 aromatic rings. The van der Waals surface area contributed by atoms with E-state index in [1.165, 1.54) is 23.3 Å². The van der Waals surface area contributed by atoms with E-state index in [1.807, 2.05) is 0 Å². The molecule has 0 unspecified atom stereocenters. The highest BCUT2D eigenvalue weighted by Crippen LogP contribution is 2.36. The summed E-state index contributed by atoms with van der Waals surface area (Å²) in [6.07, 6.45) is 6.82. The van der Waals surface area contributed by atoms with Crippen LogP contribution >= 0.6 is 11.8 Å². The van der Waals surface area contributed by atoms with E-state index in [2.05, 4.69) is 30.5 Å². The van der Waals surface area contributed by atoms with Crippen LogP contribution < -0.4 is 5.73 Å². The monoisotopic (exact) mass is 207 g/mol. The lowest BCUT2D eigenvalue weighted by Crippen LogP contribution is -2.22. The summed E-state index contributed by atoms with van der Waals surface area (Å²) in [4.78, 5) is 1.35. The first kappa shape index (κ1) is 10.1. The summed E-state index contributed by atoms with van der Waals surface area (Å²) in [5.74, 6) is 0. The van der Waals surface area contributed by atoms with Crippen molar-refractivity contribution in [3.63, 3.8) is 0 Å². The Morgan fingerprint density at radius 1 is 1.43 bits per heavy atom. The molecular weight excluding hydrogens is 190 g/mol. The van der Waals surface area contributed by atoms with Gasteiger partial charge in [-0.3, -0.25) is 0 Å². The van der Waals surface area contributed by atoms with Crippen molar-refractivity contribution in [3.8, 4) is 0 Å². The molecule has 1 fully saturated rings. The highest BCUT2D eigenvalue weighted by atomic mass is 32.2. The van der Waals surface area contributed by atoms with E-state index in [0.29, 0.717) is 0 Å². The molecule has 0 radical (unpaired) electrons. The van der Waals surface area contributed by atoms with Crippen molar-refractivity contribution in [1.82, 2.24) is 0 Å². The molecule has 1 aliphatic carbocycles. The predicted octanol–water partition coefficient (Wildman–Crippen LogP) is 2.83. The van der Waals surface area contributed by atoms with Crippen molar-refractivity contribution in [3.05, 3.63) is 29.8 Å². The Morgan fingerprint density at radius 2 is 2.21 bits per heavy atom. The second-order valence-electron chi connectivity index (χ2n) is 4.21. The van der Waals surface area contributed by atoms with Gasteiger partial charge in [-0.1, -0.05) is 12.1 Å². The number of hydrogen-bond acceptors (Lipinski definition) is 2. The van der Waals surface area contributed by atoms with Gasteiger partial charge in [0.05, 0.1) is 0 Å². The van der Waals surface area contributed by atoms with Crippen LogP contribution in [0.4, 0.5) is 0 Å². The van der Waals surface area contributed by atoms with Gasteiger partial charge >= 0.3 is 0 Å². The molecule has 0 aliphatic heterocycles. The number of hydrogen-bond donors (Lipinski definition) is 1. The van der Waals surface area contributed by atoms with Gasteiger partial charge in [-0.2, -0.15) is 0 Å². The number of aryl methyl sites for hydroxylation is 1. The fourth-order valence-electron chi connectivity index (χ4n) is 1.63. The van der Waals surface area contributed by atoms with Crippen LogP contribution in [0, 0.1) is 0 Å². The maximum Gasteiger partial charge on any atom is 0.0158 e. The van der Waals surface area contributed by atoms with E-state index in [9.17, 15) is 0 Å². The van der Waals surface area contributed by atoms with Gasteiger partial charge in [0.25, 0.3) is 0 Å². The Labute approximate surface area is 90.1 Å². The highest BCUT2D eigenvalue weighted by Gasteiger charge is 2.37. The summed E-state index contributed by atoms with van der Waals surface area (Å²) in [6, 6.07) is 8.77. The largest absolute Gasteiger partial charge is 0.325 e. The van der Waals surface area contributed by atoms with Gasteiger partial charge in [-0.25, -0.2) is 0 Å². The third-order valence-electron chi connectivity index (χ3n) is 2.94. The topological polar surface area (TPSA) is 26.0 Å². The zero-order valence-electron chi connectivity index (χ0n) is 8.62. The third kappa shape index (κ3) is 2.52. The zero-order valence-corrected chi connectivity index (χ0v) is 9.44. The van der Waals surface area contributed by atoms with Crippen molar-refractivity contribution < 1.29 is 0 Å².